The maximum Gasteiger partial charge on any atom is 0.321 e. The highest BCUT2D eigenvalue weighted by molar-refractivity contribution is 6.33. The van der Waals surface area contributed by atoms with Crippen LogP contribution in [0, 0.1) is 0 Å². The second kappa shape index (κ2) is 10.3. The maximum absolute atomic E-state index is 12.7. The number of carbonyl (C=O) groups is 1. The molecule has 1 fully saturated rings. The van der Waals surface area contributed by atoms with Crippen LogP contribution in [0.25, 0.3) is 16.9 Å². The maximum atomic E-state index is 12.7. The van der Waals surface area contributed by atoms with E-state index in [9.17, 15) is 4.79 Å². The van der Waals surface area contributed by atoms with Gasteiger partial charge in [-0.25, -0.2) is 14.8 Å². The summed E-state index contributed by atoms with van der Waals surface area (Å²) in [6.45, 7) is 5.99. The number of ether oxygens (including phenoxy) is 1. The molecule has 5 rings (SSSR count). The fraction of sp³-hybridized carbons (Fsp3) is 0.269. The molecule has 0 unspecified atom stereocenters. The quantitative estimate of drug-likeness (QED) is 0.419. The summed E-state index contributed by atoms with van der Waals surface area (Å²) >= 11 is 6.18. The Kier molecular flexibility index (Phi) is 6.83. The van der Waals surface area contributed by atoms with Crippen molar-refractivity contribution in [3.8, 4) is 11.4 Å². The number of halogens is 1. The van der Waals surface area contributed by atoms with Gasteiger partial charge < -0.3 is 15.0 Å². The number of hydrogen-bond donors (Lipinski definition) is 1. The zero-order valence-corrected chi connectivity index (χ0v) is 20.3. The average molecular weight is 491 g/mol. The number of para-hydroxylation sites is 1. The number of nitrogens with zero attached hydrogens (tertiary/aromatic N) is 5. The average Bonchev–Trinajstić information content (AvgIpc) is 3.24. The summed E-state index contributed by atoms with van der Waals surface area (Å²) in [6, 6.07) is 19.0. The fourth-order valence-corrected chi connectivity index (χ4v) is 4.44. The summed E-state index contributed by atoms with van der Waals surface area (Å²) in [5.41, 5.74) is 3.29. The minimum Gasteiger partial charge on any atom is -0.494 e. The van der Waals surface area contributed by atoms with Crippen LogP contribution in [0.3, 0.4) is 0 Å². The monoisotopic (exact) mass is 490 g/mol. The minimum absolute atomic E-state index is 0.136. The number of fused-ring (bicyclic) bond motifs is 1. The number of piperazine rings is 1. The molecule has 0 atom stereocenters. The molecule has 9 heteroatoms. The number of carbonyl (C=O) groups excluding carboxylic acids is 1. The molecular weight excluding hydrogens is 464 g/mol. The van der Waals surface area contributed by atoms with E-state index in [0.29, 0.717) is 37.0 Å². The van der Waals surface area contributed by atoms with Crippen LogP contribution in [0.4, 0.5) is 10.5 Å². The number of amides is 2. The van der Waals surface area contributed by atoms with Crippen LogP contribution in [0.15, 0.2) is 66.9 Å². The van der Waals surface area contributed by atoms with Crippen LogP contribution >= 0.6 is 11.6 Å². The van der Waals surface area contributed by atoms with Crippen LogP contribution < -0.4 is 10.1 Å². The zero-order valence-electron chi connectivity index (χ0n) is 19.5. The normalized spacial score (nSPS) is 14.3. The Morgan fingerprint density at radius 2 is 1.80 bits per heavy atom. The molecule has 0 saturated carbocycles. The van der Waals surface area contributed by atoms with Crippen LogP contribution in [0.5, 0.6) is 5.75 Å². The molecule has 8 nitrogen and oxygen atoms in total. The summed E-state index contributed by atoms with van der Waals surface area (Å²) in [4.78, 5) is 26.3. The van der Waals surface area contributed by atoms with Crippen molar-refractivity contribution in [2.24, 2.45) is 0 Å². The molecule has 2 aromatic carbocycles. The second-order valence-electron chi connectivity index (χ2n) is 8.31. The summed E-state index contributed by atoms with van der Waals surface area (Å²) in [5.74, 6) is 1.75. The lowest BCUT2D eigenvalue weighted by Crippen LogP contribution is -2.49. The lowest BCUT2D eigenvalue weighted by molar-refractivity contribution is 0.140. The number of pyridine rings is 1. The van der Waals surface area contributed by atoms with Gasteiger partial charge in [0.05, 0.1) is 23.9 Å². The molecule has 0 spiro atoms. The Labute approximate surface area is 209 Å². The predicted octanol–water partition coefficient (Wildman–Crippen LogP) is 4.82. The van der Waals surface area contributed by atoms with Gasteiger partial charge in [0.1, 0.15) is 17.1 Å². The molecule has 3 heterocycles. The molecule has 1 saturated heterocycles. The van der Waals surface area contributed by atoms with Crippen molar-refractivity contribution in [2.75, 3.05) is 38.1 Å². The van der Waals surface area contributed by atoms with Gasteiger partial charge in [0, 0.05) is 38.1 Å². The van der Waals surface area contributed by atoms with Crippen molar-refractivity contribution in [1.29, 1.82) is 0 Å². The van der Waals surface area contributed by atoms with E-state index >= 15 is 0 Å². The third kappa shape index (κ3) is 5.08. The van der Waals surface area contributed by atoms with Crippen molar-refractivity contribution in [3.63, 3.8) is 0 Å². The summed E-state index contributed by atoms with van der Waals surface area (Å²) in [7, 11) is 0. The van der Waals surface area contributed by atoms with Gasteiger partial charge in [-0.3, -0.25) is 9.47 Å². The van der Waals surface area contributed by atoms with Crippen LogP contribution in [-0.4, -0.2) is 63.2 Å². The van der Waals surface area contributed by atoms with E-state index in [0.717, 1.165) is 41.5 Å². The van der Waals surface area contributed by atoms with E-state index < -0.39 is 0 Å². The van der Waals surface area contributed by atoms with Gasteiger partial charge in [0.2, 0.25) is 0 Å². The molecule has 2 aromatic heterocycles. The number of imidazole rings is 1. The Bertz CT molecular complexity index is 1320. The van der Waals surface area contributed by atoms with Gasteiger partial charge in [0.15, 0.2) is 5.65 Å². The van der Waals surface area contributed by atoms with Crippen LogP contribution in [0.1, 0.15) is 12.7 Å². The molecule has 1 N–H and O–H groups in total. The van der Waals surface area contributed by atoms with Gasteiger partial charge in [-0.1, -0.05) is 23.7 Å². The fourth-order valence-electron chi connectivity index (χ4n) is 4.26. The van der Waals surface area contributed by atoms with Crippen molar-refractivity contribution < 1.29 is 9.53 Å². The largest absolute Gasteiger partial charge is 0.494 e. The van der Waals surface area contributed by atoms with Gasteiger partial charge in [-0.15, -0.1) is 0 Å². The standard InChI is InChI=1S/C26H27ClN6O2/c1-2-35-20-11-9-19(10-12-20)33-24(29-23-8-5-13-28-25(23)33)18-31-14-16-32(17-15-31)26(34)30-22-7-4-3-6-21(22)27/h3-13H,2,14-18H2,1H3,(H,30,34). The summed E-state index contributed by atoms with van der Waals surface area (Å²) < 4.78 is 7.70. The van der Waals surface area contributed by atoms with E-state index in [1.807, 2.05) is 60.4 Å². The van der Waals surface area contributed by atoms with Gasteiger partial charge in [-0.2, -0.15) is 0 Å². The van der Waals surface area contributed by atoms with Gasteiger partial charge in [0.25, 0.3) is 0 Å². The number of hydrogen-bond acceptors (Lipinski definition) is 5. The third-order valence-electron chi connectivity index (χ3n) is 6.03. The molecule has 1 aliphatic rings. The SMILES string of the molecule is CCOc1ccc(-n2c(CN3CCN(C(=O)Nc4ccccc4Cl)CC3)nc3cccnc32)cc1. The molecular formula is C26H27ClN6O2. The molecule has 4 aromatic rings. The molecule has 35 heavy (non-hydrogen) atoms. The lowest BCUT2D eigenvalue weighted by atomic mass is 10.2. The summed E-state index contributed by atoms with van der Waals surface area (Å²) in [6.07, 6.45) is 1.79. The molecule has 2 amide bonds. The second-order valence-corrected chi connectivity index (χ2v) is 8.72. The zero-order chi connectivity index (χ0) is 24.2. The van der Waals surface area contributed by atoms with E-state index in [1.54, 1.807) is 18.3 Å². The van der Waals surface area contributed by atoms with Crippen molar-refractivity contribution in [2.45, 2.75) is 13.5 Å². The van der Waals surface area contributed by atoms with E-state index in [2.05, 4.69) is 19.8 Å². The first-order valence-electron chi connectivity index (χ1n) is 11.7. The van der Waals surface area contributed by atoms with Crippen LogP contribution in [-0.2, 0) is 6.54 Å². The highest BCUT2D eigenvalue weighted by Gasteiger charge is 2.24. The molecule has 0 radical (unpaired) electrons. The number of benzene rings is 2. The van der Waals surface area contributed by atoms with Crippen molar-refractivity contribution >= 4 is 34.5 Å². The molecule has 0 aliphatic carbocycles. The highest BCUT2D eigenvalue weighted by atomic mass is 35.5. The van der Waals surface area contributed by atoms with Crippen molar-refractivity contribution in [1.82, 2.24) is 24.3 Å². The minimum atomic E-state index is -0.136. The Hall–Kier alpha value is -3.62. The Morgan fingerprint density at radius 3 is 2.54 bits per heavy atom. The topological polar surface area (TPSA) is 75.5 Å². The number of nitrogens with one attached hydrogen (secondary N) is 1. The lowest BCUT2D eigenvalue weighted by Gasteiger charge is -2.34. The summed E-state index contributed by atoms with van der Waals surface area (Å²) in [5, 5.41) is 3.44. The van der Waals surface area contributed by atoms with E-state index in [-0.39, 0.29) is 6.03 Å². The van der Waals surface area contributed by atoms with Crippen molar-refractivity contribution in [3.05, 3.63) is 77.7 Å². The Balaban J connectivity index is 1.29. The predicted molar refractivity (Wildman–Crippen MR) is 137 cm³/mol. The molecule has 180 valence electrons. The number of anilines is 1. The smallest absolute Gasteiger partial charge is 0.321 e. The highest BCUT2D eigenvalue weighted by Crippen LogP contribution is 2.24. The number of rotatable bonds is 6. The third-order valence-corrected chi connectivity index (χ3v) is 6.36. The molecule has 1 aliphatic heterocycles. The number of urea groups is 1. The van der Waals surface area contributed by atoms with E-state index in [4.69, 9.17) is 21.3 Å². The first-order valence-corrected chi connectivity index (χ1v) is 12.1. The van der Waals surface area contributed by atoms with Gasteiger partial charge in [-0.05, 0) is 55.5 Å². The van der Waals surface area contributed by atoms with E-state index in [1.165, 1.54) is 0 Å². The first kappa shape index (κ1) is 23.1. The van der Waals surface area contributed by atoms with Crippen LogP contribution in [0.2, 0.25) is 5.02 Å². The first-order chi connectivity index (χ1) is 17.1. The molecule has 0 bridgehead atoms. The Morgan fingerprint density at radius 1 is 1.03 bits per heavy atom. The van der Waals surface area contributed by atoms with Gasteiger partial charge >= 0.3 is 6.03 Å². The number of aromatic nitrogens is 3.